The summed E-state index contributed by atoms with van der Waals surface area (Å²) < 4.78 is 6.59. The molecule has 9 aromatic rings. The SMILES string of the molecule is NC(NNCc1ccccc1)(c1ccccc1)c1cccc(-n2c3ccccc3c3c4c5c(sc4c4sc6ccccc6c4c32)CC=C5)c1. The van der Waals surface area contributed by atoms with E-state index in [-0.39, 0.29) is 0 Å². The van der Waals surface area contributed by atoms with Crippen molar-refractivity contribution in [2.24, 2.45) is 5.73 Å². The molecule has 0 saturated carbocycles. The number of nitrogens with one attached hydrogen (secondary N) is 2. The number of hydrogen-bond donors (Lipinski definition) is 3. The summed E-state index contributed by atoms with van der Waals surface area (Å²) in [6.45, 7) is 0.637. The lowest BCUT2D eigenvalue weighted by atomic mass is 9.92. The van der Waals surface area contributed by atoms with Crippen LogP contribution in [0.1, 0.15) is 27.1 Å². The van der Waals surface area contributed by atoms with E-state index in [1.165, 1.54) is 68.1 Å². The van der Waals surface area contributed by atoms with Gasteiger partial charge in [0.1, 0.15) is 5.66 Å². The summed E-state index contributed by atoms with van der Waals surface area (Å²) in [5.41, 5.74) is 21.5. The third-order valence-corrected chi connectivity index (χ3v) is 12.5. The van der Waals surface area contributed by atoms with Crippen LogP contribution in [-0.2, 0) is 18.6 Å². The Labute approximate surface area is 291 Å². The zero-order chi connectivity index (χ0) is 32.5. The molecule has 1 aliphatic rings. The summed E-state index contributed by atoms with van der Waals surface area (Å²) >= 11 is 3.90. The van der Waals surface area contributed by atoms with Crippen molar-refractivity contribution in [1.29, 1.82) is 0 Å². The van der Waals surface area contributed by atoms with Gasteiger partial charge in [-0.2, -0.15) is 0 Å². The molecule has 4 nitrogen and oxygen atoms in total. The van der Waals surface area contributed by atoms with E-state index in [0.29, 0.717) is 6.54 Å². The van der Waals surface area contributed by atoms with Gasteiger partial charge in [-0.25, -0.2) is 5.43 Å². The predicted octanol–water partition coefficient (Wildman–Crippen LogP) is 10.4. The second-order valence-electron chi connectivity index (χ2n) is 12.8. The van der Waals surface area contributed by atoms with E-state index < -0.39 is 5.66 Å². The molecule has 3 aromatic heterocycles. The van der Waals surface area contributed by atoms with Gasteiger partial charge in [-0.3, -0.25) is 5.43 Å². The molecule has 1 unspecified atom stereocenters. The Morgan fingerprint density at radius 1 is 0.673 bits per heavy atom. The Morgan fingerprint density at radius 2 is 1.39 bits per heavy atom. The van der Waals surface area contributed by atoms with Crippen molar-refractivity contribution in [3.05, 3.63) is 167 Å². The number of thiophene rings is 2. The molecule has 6 aromatic carbocycles. The smallest absolute Gasteiger partial charge is 0.131 e. The van der Waals surface area contributed by atoms with Gasteiger partial charge in [0, 0.05) is 55.2 Å². The van der Waals surface area contributed by atoms with Crippen molar-refractivity contribution in [3.63, 3.8) is 0 Å². The molecule has 4 N–H and O–H groups in total. The Hall–Kier alpha value is -5.08. The van der Waals surface area contributed by atoms with E-state index in [4.69, 9.17) is 5.73 Å². The monoisotopic (exact) mass is 668 g/mol. The van der Waals surface area contributed by atoms with E-state index in [1.807, 2.05) is 46.9 Å². The number of aromatic nitrogens is 1. The minimum atomic E-state index is -0.999. The van der Waals surface area contributed by atoms with Crippen molar-refractivity contribution in [2.75, 3.05) is 0 Å². The highest BCUT2D eigenvalue weighted by Gasteiger charge is 2.31. The van der Waals surface area contributed by atoms with Crippen molar-refractivity contribution < 1.29 is 0 Å². The number of hydrogen-bond acceptors (Lipinski definition) is 5. The standard InChI is InChI=1S/C43H32N4S2/c44-43(28-15-5-2-6-16-28,46-45-26-27-13-3-1-4-14-27)29-17-11-18-30(25-29)47-34-22-9-7-19-31(34)37-38-32-21-12-24-36(32)48-41(38)42-39(40(37)47)33-20-8-10-23-35(33)49-42/h1-23,25,45-46H,24,26,44H2. The van der Waals surface area contributed by atoms with Gasteiger partial charge in [0.25, 0.3) is 0 Å². The van der Waals surface area contributed by atoms with Crippen LogP contribution in [0, 0.1) is 0 Å². The lowest BCUT2D eigenvalue weighted by molar-refractivity contribution is 0.345. The predicted molar refractivity (Wildman–Crippen MR) is 210 cm³/mol. The first-order valence-electron chi connectivity index (χ1n) is 16.7. The lowest BCUT2D eigenvalue weighted by Gasteiger charge is -2.32. The van der Waals surface area contributed by atoms with Crippen LogP contribution in [0.15, 0.2) is 140 Å². The molecule has 0 aliphatic heterocycles. The molecular weight excluding hydrogens is 637 g/mol. The molecule has 0 bridgehead atoms. The van der Waals surface area contributed by atoms with Gasteiger partial charge in [-0.1, -0.05) is 121 Å². The fourth-order valence-corrected chi connectivity index (χ4v) is 10.3. The van der Waals surface area contributed by atoms with E-state index in [1.54, 1.807) is 0 Å². The fourth-order valence-electron chi connectivity index (χ4n) is 7.73. The molecule has 0 fully saturated rings. The Morgan fingerprint density at radius 3 is 2.24 bits per heavy atom. The number of nitrogens with two attached hydrogens (primary N) is 1. The molecule has 10 rings (SSSR count). The largest absolute Gasteiger partial charge is 0.309 e. The molecular formula is C43H32N4S2. The fraction of sp³-hybridized carbons (Fsp3) is 0.0698. The van der Waals surface area contributed by atoms with Crippen molar-refractivity contribution in [1.82, 2.24) is 15.4 Å². The van der Waals surface area contributed by atoms with Crippen LogP contribution in [0.5, 0.6) is 0 Å². The normalized spacial score (nSPS) is 14.1. The molecule has 6 heteroatoms. The zero-order valence-corrected chi connectivity index (χ0v) is 28.2. The van der Waals surface area contributed by atoms with Gasteiger partial charge in [-0.15, -0.1) is 22.7 Å². The van der Waals surface area contributed by atoms with Gasteiger partial charge < -0.3 is 10.3 Å². The number of allylic oxidation sites excluding steroid dienone is 1. The highest BCUT2D eigenvalue weighted by molar-refractivity contribution is 7.31. The van der Waals surface area contributed by atoms with Crippen LogP contribution in [0.2, 0.25) is 0 Å². The molecule has 49 heavy (non-hydrogen) atoms. The molecule has 0 amide bonds. The maximum Gasteiger partial charge on any atom is 0.131 e. The first kappa shape index (κ1) is 28.9. The van der Waals surface area contributed by atoms with Crippen LogP contribution in [-0.4, -0.2) is 4.57 Å². The Bertz CT molecular complexity index is 2740. The summed E-state index contributed by atoms with van der Waals surface area (Å²) in [6, 6.07) is 47.2. The number of fused-ring (bicyclic) bond motifs is 12. The maximum atomic E-state index is 7.44. The Balaban J connectivity index is 1.25. The van der Waals surface area contributed by atoms with Crippen LogP contribution in [0.25, 0.3) is 63.8 Å². The average molecular weight is 669 g/mol. The van der Waals surface area contributed by atoms with Crippen LogP contribution < -0.4 is 16.6 Å². The number of para-hydroxylation sites is 1. The van der Waals surface area contributed by atoms with Gasteiger partial charge in [0.2, 0.25) is 0 Å². The topological polar surface area (TPSA) is 55.0 Å². The molecule has 1 atom stereocenters. The third-order valence-electron chi connectivity index (χ3n) is 9.98. The second kappa shape index (κ2) is 11.2. The van der Waals surface area contributed by atoms with Crippen molar-refractivity contribution in [2.45, 2.75) is 18.6 Å². The van der Waals surface area contributed by atoms with Gasteiger partial charge in [0.15, 0.2) is 0 Å². The van der Waals surface area contributed by atoms with E-state index in [2.05, 4.69) is 137 Å². The number of hydrazine groups is 1. The van der Waals surface area contributed by atoms with Crippen molar-refractivity contribution in [3.8, 4) is 5.69 Å². The molecule has 0 radical (unpaired) electrons. The second-order valence-corrected chi connectivity index (χ2v) is 15.0. The Kier molecular flexibility index (Phi) is 6.63. The average Bonchev–Trinajstić information content (AvgIpc) is 3.93. The summed E-state index contributed by atoms with van der Waals surface area (Å²) in [5.74, 6) is 0. The molecule has 3 heterocycles. The van der Waals surface area contributed by atoms with E-state index >= 15 is 0 Å². The minimum Gasteiger partial charge on any atom is -0.309 e. The number of rotatable bonds is 7. The third kappa shape index (κ3) is 4.39. The summed E-state index contributed by atoms with van der Waals surface area (Å²) in [6.07, 6.45) is 5.66. The van der Waals surface area contributed by atoms with Crippen LogP contribution in [0.3, 0.4) is 0 Å². The first-order valence-corrected chi connectivity index (χ1v) is 18.3. The molecule has 236 valence electrons. The van der Waals surface area contributed by atoms with E-state index in [9.17, 15) is 0 Å². The lowest BCUT2D eigenvalue weighted by Crippen LogP contribution is -2.56. The summed E-state index contributed by atoms with van der Waals surface area (Å²) in [5, 5.41) is 6.64. The highest BCUT2D eigenvalue weighted by atomic mass is 32.1. The van der Waals surface area contributed by atoms with Gasteiger partial charge in [-0.05, 0) is 46.5 Å². The number of benzene rings is 6. The quantitative estimate of drug-likeness (QED) is 0.117. The van der Waals surface area contributed by atoms with Crippen LogP contribution >= 0.6 is 22.7 Å². The van der Waals surface area contributed by atoms with E-state index in [0.717, 1.165) is 23.2 Å². The zero-order valence-electron chi connectivity index (χ0n) is 26.6. The van der Waals surface area contributed by atoms with Crippen molar-refractivity contribution >= 4 is 80.8 Å². The summed E-state index contributed by atoms with van der Waals surface area (Å²) in [4.78, 5) is 1.46. The molecule has 0 saturated heterocycles. The van der Waals surface area contributed by atoms with Crippen LogP contribution in [0.4, 0.5) is 0 Å². The highest BCUT2D eigenvalue weighted by Crippen LogP contribution is 2.52. The maximum absolute atomic E-state index is 7.44. The van der Waals surface area contributed by atoms with Gasteiger partial charge >= 0.3 is 0 Å². The number of nitrogens with zero attached hydrogens (tertiary/aromatic N) is 1. The summed E-state index contributed by atoms with van der Waals surface area (Å²) in [7, 11) is 0. The molecule has 1 aliphatic carbocycles. The first-order chi connectivity index (χ1) is 24.2. The minimum absolute atomic E-state index is 0.637. The molecule has 0 spiro atoms. The van der Waals surface area contributed by atoms with Gasteiger partial charge in [0.05, 0.1) is 20.4 Å².